The van der Waals surface area contributed by atoms with Crippen LogP contribution in [0.25, 0.3) is 11.1 Å². The van der Waals surface area contributed by atoms with Crippen LogP contribution in [0.15, 0.2) is 60.7 Å². The van der Waals surface area contributed by atoms with E-state index < -0.39 is 0 Å². The molecule has 6 heteroatoms. The Morgan fingerprint density at radius 2 is 1.50 bits per heavy atom. The first-order valence-electron chi connectivity index (χ1n) is 6.69. The van der Waals surface area contributed by atoms with E-state index in [0.717, 1.165) is 11.3 Å². The number of hydrogen-bond acceptors (Lipinski definition) is 5. The van der Waals surface area contributed by atoms with Crippen LogP contribution in [0.5, 0.6) is 0 Å². The van der Waals surface area contributed by atoms with E-state index in [-0.39, 0.29) is 0 Å². The van der Waals surface area contributed by atoms with E-state index in [1.807, 2.05) is 60.7 Å². The smallest absolute Gasteiger partial charge is 0.230 e. The molecule has 0 saturated carbocycles. The van der Waals surface area contributed by atoms with Crippen molar-refractivity contribution >= 4 is 29.1 Å². The Morgan fingerprint density at radius 1 is 0.864 bits per heavy atom. The summed E-state index contributed by atoms with van der Waals surface area (Å²) in [6.07, 6.45) is 0. The van der Waals surface area contributed by atoms with Gasteiger partial charge in [0.1, 0.15) is 5.15 Å². The van der Waals surface area contributed by atoms with Crippen molar-refractivity contribution in [3.8, 4) is 11.1 Å². The number of benzene rings is 2. The fourth-order valence-electron chi connectivity index (χ4n) is 2.10. The topological polar surface area (TPSA) is 75.9 Å². The lowest BCUT2D eigenvalue weighted by atomic mass is 10.1. The number of para-hydroxylation sites is 1. The minimum atomic E-state index is 0.326. The maximum atomic E-state index is 6.33. The molecule has 0 spiro atoms. The zero-order chi connectivity index (χ0) is 15.4. The number of nitrogens with two attached hydrogens (primary N) is 1. The number of hydrogen-bond donors (Lipinski definition) is 3. The Bertz CT molecular complexity index is 762. The summed E-state index contributed by atoms with van der Waals surface area (Å²) in [5.41, 5.74) is 5.02. The molecule has 4 N–H and O–H groups in total. The molecule has 0 amide bonds. The Labute approximate surface area is 133 Å². The SMILES string of the molecule is NNc1nc(Nc2ccccc2)nc(Cl)c1-c1ccccc1. The minimum Gasteiger partial charge on any atom is -0.324 e. The van der Waals surface area contributed by atoms with Crippen LogP contribution in [0.1, 0.15) is 0 Å². The number of nitrogens with one attached hydrogen (secondary N) is 2. The van der Waals surface area contributed by atoms with Crippen molar-refractivity contribution in [2.24, 2.45) is 5.84 Å². The van der Waals surface area contributed by atoms with Crippen LogP contribution in [0, 0.1) is 0 Å². The van der Waals surface area contributed by atoms with Crippen LogP contribution in [0.4, 0.5) is 17.5 Å². The van der Waals surface area contributed by atoms with Gasteiger partial charge in [0.2, 0.25) is 5.95 Å². The highest BCUT2D eigenvalue weighted by atomic mass is 35.5. The largest absolute Gasteiger partial charge is 0.324 e. The van der Waals surface area contributed by atoms with E-state index >= 15 is 0 Å². The number of hydrazine groups is 1. The van der Waals surface area contributed by atoms with Crippen molar-refractivity contribution in [2.45, 2.75) is 0 Å². The van der Waals surface area contributed by atoms with Crippen LogP contribution in [-0.4, -0.2) is 9.97 Å². The van der Waals surface area contributed by atoms with Gasteiger partial charge >= 0.3 is 0 Å². The fourth-order valence-corrected chi connectivity index (χ4v) is 2.38. The molecule has 0 fully saturated rings. The van der Waals surface area contributed by atoms with Crippen LogP contribution >= 0.6 is 11.6 Å². The monoisotopic (exact) mass is 311 g/mol. The molecule has 22 heavy (non-hydrogen) atoms. The number of nitrogen functional groups attached to an aromatic ring is 1. The molecule has 0 aliphatic heterocycles. The van der Waals surface area contributed by atoms with Gasteiger partial charge in [-0.3, -0.25) is 0 Å². The van der Waals surface area contributed by atoms with Gasteiger partial charge in [-0.05, 0) is 17.7 Å². The Morgan fingerprint density at radius 3 is 2.14 bits per heavy atom. The second-order valence-corrected chi connectivity index (χ2v) is 4.92. The normalized spacial score (nSPS) is 10.3. The van der Waals surface area contributed by atoms with Gasteiger partial charge in [-0.15, -0.1) is 0 Å². The number of halogens is 1. The molecule has 0 unspecified atom stereocenters. The van der Waals surface area contributed by atoms with Crippen LogP contribution in [-0.2, 0) is 0 Å². The summed E-state index contributed by atoms with van der Waals surface area (Å²) in [6, 6.07) is 19.2. The van der Waals surface area contributed by atoms with Crippen molar-refractivity contribution in [1.29, 1.82) is 0 Å². The summed E-state index contributed by atoms with van der Waals surface area (Å²) in [7, 11) is 0. The molecule has 3 rings (SSSR count). The Balaban J connectivity index is 2.01. The highest BCUT2D eigenvalue weighted by Crippen LogP contribution is 2.33. The summed E-state index contributed by atoms with van der Waals surface area (Å²) in [6.45, 7) is 0. The molecular weight excluding hydrogens is 298 g/mol. The third kappa shape index (κ3) is 3.00. The molecule has 0 saturated heterocycles. The van der Waals surface area contributed by atoms with E-state index in [9.17, 15) is 0 Å². The van der Waals surface area contributed by atoms with Gasteiger partial charge in [0.05, 0.1) is 5.56 Å². The molecule has 0 radical (unpaired) electrons. The van der Waals surface area contributed by atoms with Gasteiger partial charge < -0.3 is 10.7 Å². The van der Waals surface area contributed by atoms with Crippen molar-refractivity contribution in [2.75, 3.05) is 10.7 Å². The van der Waals surface area contributed by atoms with Gasteiger partial charge in [-0.25, -0.2) is 10.8 Å². The van der Waals surface area contributed by atoms with Crippen molar-refractivity contribution in [3.63, 3.8) is 0 Å². The summed E-state index contributed by atoms with van der Waals surface area (Å²) < 4.78 is 0. The quantitative estimate of drug-likeness (QED) is 0.388. The molecule has 0 atom stereocenters. The van der Waals surface area contributed by atoms with Crippen LogP contribution in [0.3, 0.4) is 0 Å². The van der Waals surface area contributed by atoms with E-state index in [4.69, 9.17) is 17.4 Å². The molecule has 2 aromatic carbocycles. The maximum Gasteiger partial charge on any atom is 0.230 e. The number of aromatic nitrogens is 2. The van der Waals surface area contributed by atoms with E-state index in [1.54, 1.807) is 0 Å². The third-order valence-corrected chi connectivity index (χ3v) is 3.37. The molecule has 0 aliphatic rings. The van der Waals surface area contributed by atoms with E-state index in [0.29, 0.717) is 22.5 Å². The molecule has 0 aliphatic carbocycles. The first-order valence-corrected chi connectivity index (χ1v) is 7.07. The molecule has 3 aromatic rings. The highest BCUT2D eigenvalue weighted by molar-refractivity contribution is 6.32. The lowest BCUT2D eigenvalue weighted by Crippen LogP contribution is -2.12. The first kappa shape index (κ1) is 14.3. The fraction of sp³-hybridized carbons (Fsp3) is 0. The zero-order valence-electron chi connectivity index (χ0n) is 11.6. The van der Waals surface area contributed by atoms with Crippen molar-refractivity contribution in [3.05, 3.63) is 65.8 Å². The Hall–Kier alpha value is -2.63. The molecule has 5 nitrogen and oxygen atoms in total. The number of nitrogens with zero attached hydrogens (tertiary/aromatic N) is 2. The standard InChI is InChI=1S/C16H14ClN5/c17-14-13(11-7-3-1-4-8-11)15(22-18)21-16(20-14)19-12-9-5-2-6-10-12/h1-10H,18H2,(H2,19,20,21,22). The van der Waals surface area contributed by atoms with Gasteiger partial charge in [-0.2, -0.15) is 4.98 Å². The number of rotatable bonds is 4. The summed E-state index contributed by atoms with van der Waals surface area (Å²) in [5, 5.41) is 3.42. The van der Waals surface area contributed by atoms with E-state index in [1.165, 1.54) is 0 Å². The lowest BCUT2D eigenvalue weighted by Gasteiger charge is -2.12. The average Bonchev–Trinajstić information content (AvgIpc) is 2.56. The second kappa shape index (κ2) is 6.43. The van der Waals surface area contributed by atoms with Crippen LogP contribution < -0.4 is 16.6 Å². The lowest BCUT2D eigenvalue weighted by molar-refractivity contribution is 1.14. The van der Waals surface area contributed by atoms with Crippen LogP contribution in [0.2, 0.25) is 5.15 Å². The maximum absolute atomic E-state index is 6.33. The highest BCUT2D eigenvalue weighted by Gasteiger charge is 2.14. The van der Waals surface area contributed by atoms with Gasteiger partial charge in [-0.1, -0.05) is 60.1 Å². The van der Waals surface area contributed by atoms with Gasteiger partial charge in [0.25, 0.3) is 0 Å². The second-order valence-electron chi connectivity index (χ2n) is 4.56. The molecule has 110 valence electrons. The summed E-state index contributed by atoms with van der Waals surface area (Å²) in [5.74, 6) is 6.43. The molecular formula is C16H14ClN5. The molecule has 1 heterocycles. The number of anilines is 3. The molecule has 0 bridgehead atoms. The Kier molecular flexibility index (Phi) is 4.18. The average molecular weight is 312 g/mol. The van der Waals surface area contributed by atoms with Gasteiger partial charge in [0, 0.05) is 5.69 Å². The minimum absolute atomic E-state index is 0.326. The summed E-state index contributed by atoms with van der Waals surface area (Å²) >= 11 is 6.33. The summed E-state index contributed by atoms with van der Waals surface area (Å²) in [4.78, 5) is 8.68. The van der Waals surface area contributed by atoms with Gasteiger partial charge in [0.15, 0.2) is 5.82 Å². The predicted molar refractivity (Wildman–Crippen MR) is 90.0 cm³/mol. The first-order chi connectivity index (χ1) is 10.8. The van der Waals surface area contributed by atoms with Crippen molar-refractivity contribution < 1.29 is 0 Å². The van der Waals surface area contributed by atoms with E-state index in [2.05, 4.69) is 20.7 Å². The zero-order valence-corrected chi connectivity index (χ0v) is 12.4. The van der Waals surface area contributed by atoms with Crippen molar-refractivity contribution in [1.82, 2.24) is 9.97 Å². The molecule has 1 aromatic heterocycles. The predicted octanol–water partition coefficient (Wildman–Crippen LogP) is 3.83. The third-order valence-electron chi connectivity index (χ3n) is 3.09.